The molecule has 0 fully saturated rings. The fraction of sp³-hybridized carbons (Fsp3) is 0.727. The highest BCUT2D eigenvalue weighted by Gasteiger charge is 2.29. The first-order chi connectivity index (χ1) is 7.87. The molecule has 98 valence electrons. The third-order valence-corrected chi connectivity index (χ3v) is 2.57. The average Bonchev–Trinajstić information content (AvgIpc) is 2.68. The topological polar surface area (TPSA) is 38.0 Å². The van der Waals surface area contributed by atoms with E-state index in [4.69, 9.17) is 0 Å². The summed E-state index contributed by atoms with van der Waals surface area (Å²) in [7, 11) is 0. The van der Waals surface area contributed by atoms with E-state index in [1.54, 1.807) is 10.7 Å². The lowest BCUT2D eigenvalue weighted by Gasteiger charge is -2.13. The second kappa shape index (κ2) is 5.53. The van der Waals surface area contributed by atoms with Gasteiger partial charge in [0.2, 0.25) is 0 Å². The van der Waals surface area contributed by atoms with E-state index in [9.17, 15) is 18.3 Å². The van der Waals surface area contributed by atoms with Gasteiger partial charge in [-0.25, -0.2) is 0 Å². The Morgan fingerprint density at radius 3 is 2.53 bits per heavy atom. The first-order valence-corrected chi connectivity index (χ1v) is 5.68. The van der Waals surface area contributed by atoms with E-state index in [0.29, 0.717) is 18.7 Å². The molecule has 1 rings (SSSR count). The summed E-state index contributed by atoms with van der Waals surface area (Å²) in [5.74, 6) is 0. The Bertz CT molecular complexity index is 360. The SMILES string of the molecule is CCc1cc(C(O)CCC(F)(F)F)n(CC)n1. The molecule has 0 aliphatic carbocycles. The Morgan fingerprint density at radius 1 is 1.41 bits per heavy atom. The predicted octanol–water partition coefficient (Wildman–Crippen LogP) is 2.84. The quantitative estimate of drug-likeness (QED) is 0.872. The second-order valence-corrected chi connectivity index (χ2v) is 3.90. The zero-order valence-corrected chi connectivity index (χ0v) is 9.96. The van der Waals surface area contributed by atoms with Gasteiger partial charge < -0.3 is 5.11 Å². The summed E-state index contributed by atoms with van der Waals surface area (Å²) in [4.78, 5) is 0. The number of aromatic nitrogens is 2. The molecule has 1 unspecified atom stereocenters. The van der Waals surface area contributed by atoms with Gasteiger partial charge in [-0.1, -0.05) is 6.92 Å². The Morgan fingerprint density at radius 2 is 2.06 bits per heavy atom. The summed E-state index contributed by atoms with van der Waals surface area (Å²) in [5.41, 5.74) is 1.25. The highest BCUT2D eigenvalue weighted by atomic mass is 19.4. The smallest absolute Gasteiger partial charge is 0.387 e. The van der Waals surface area contributed by atoms with E-state index in [2.05, 4.69) is 5.10 Å². The monoisotopic (exact) mass is 250 g/mol. The molecule has 3 nitrogen and oxygen atoms in total. The van der Waals surface area contributed by atoms with E-state index in [1.807, 2.05) is 13.8 Å². The number of halogens is 3. The Kier molecular flexibility index (Phi) is 4.56. The van der Waals surface area contributed by atoms with Crippen molar-refractivity contribution in [2.45, 2.75) is 51.9 Å². The largest absolute Gasteiger partial charge is 0.389 e. The molecule has 1 N–H and O–H groups in total. The standard InChI is InChI=1S/C11H17F3N2O/c1-3-8-7-9(16(4-2)15-8)10(17)5-6-11(12,13)14/h7,10,17H,3-6H2,1-2H3. The van der Waals surface area contributed by atoms with Crippen LogP contribution >= 0.6 is 0 Å². The number of hydrogen-bond acceptors (Lipinski definition) is 2. The third kappa shape index (κ3) is 4.03. The second-order valence-electron chi connectivity index (χ2n) is 3.90. The number of hydrogen-bond donors (Lipinski definition) is 1. The molecule has 0 amide bonds. The number of aliphatic hydroxyl groups is 1. The zero-order valence-electron chi connectivity index (χ0n) is 9.96. The molecule has 17 heavy (non-hydrogen) atoms. The first-order valence-electron chi connectivity index (χ1n) is 5.68. The Hall–Kier alpha value is -1.04. The number of alkyl halides is 3. The number of rotatable bonds is 5. The van der Waals surface area contributed by atoms with Crippen molar-refractivity contribution in [2.24, 2.45) is 0 Å². The zero-order chi connectivity index (χ0) is 13.1. The van der Waals surface area contributed by atoms with Gasteiger partial charge in [0.05, 0.1) is 17.5 Å². The molecule has 0 aromatic carbocycles. The van der Waals surface area contributed by atoms with Crippen LogP contribution in [0.3, 0.4) is 0 Å². The van der Waals surface area contributed by atoms with Crippen LogP contribution in [0.4, 0.5) is 13.2 Å². The molecule has 0 saturated carbocycles. The Labute approximate surface area is 98.2 Å². The maximum Gasteiger partial charge on any atom is 0.389 e. The van der Waals surface area contributed by atoms with E-state index in [0.717, 1.165) is 5.69 Å². The predicted molar refractivity (Wildman–Crippen MR) is 57.5 cm³/mol. The molecule has 0 bridgehead atoms. The van der Waals surface area contributed by atoms with Gasteiger partial charge in [-0.05, 0) is 25.8 Å². The summed E-state index contributed by atoms with van der Waals surface area (Å²) in [5, 5.41) is 13.9. The van der Waals surface area contributed by atoms with Crippen LogP contribution in [0.1, 0.15) is 44.2 Å². The molecule has 1 heterocycles. The van der Waals surface area contributed by atoms with E-state index in [1.165, 1.54) is 0 Å². The van der Waals surface area contributed by atoms with Gasteiger partial charge in [-0.2, -0.15) is 18.3 Å². The van der Waals surface area contributed by atoms with Crippen LogP contribution in [0, 0.1) is 0 Å². The highest BCUT2D eigenvalue weighted by molar-refractivity contribution is 5.13. The van der Waals surface area contributed by atoms with Crippen LogP contribution < -0.4 is 0 Å². The fourth-order valence-corrected chi connectivity index (χ4v) is 1.63. The molecule has 1 aromatic rings. The molecular weight excluding hydrogens is 233 g/mol. The van der Waals surface area contributed by atoms with Gasteiger partial charge in [-0.15, -0.1) is 0 Å². The summed E-state index contributed by atoms with van der Waals surface area (Å²) >= 11 is 0. The molecule has 0 spiro atoms. The van der Waals surface area contributed by atoms with Gasteiger partial charge in [0.1, 0.15) is 0 Å². The fourth-order valence-electron chi connectivity index (χ4n) is 1.63. The highest BCUT2D eigenvalue weighted by Crippen LogP contribution is 2.27. The van der Waals surface area contributed by atoms with Crippen molar-refractivity contribution in [3.63, 3.8) is 0 Å². The van der Waals surface area contributed by atoms with Crippen LogP contribution in [-0.2, 0) is 13.0 Å². The number of aliphatic hydroxyl groups excluding tert-OH is 1. The van der Waals surface area contributed by atoms with Crippen molar-refractivity contribution < 1.29 is 18.3 Å². The maximum absolute atomic E-state index is 12.1. The lowest BCUT2D eigenvalue weighted by atomic mass is 10.1. The normalized spacial score (nSPS) is 14.0. The third-order valence-electron chi connectivity index (χ3n) is 2.57. The number of aryl methyl sites for hydroxylation is 2. The molecule has 6 heteroatoms. The van der Waals surface area contributed by atoms with Crippen molar-refractivity contribution in [2.75, 3.05) is 0 Å². The summed E-state index contributed by atoms with van der Waals surface area (Å²) in [6.07, 6.45) is -5.94. The molecule has 0 radical (unpaired) electrons. The molecule has 1 aromatic heterocycles. The maximum atomic E-state index is 12.1. The van der Waals surface area contributed by atoms with Crippen LogP contribution in [0.25, 0.3) is 0 Å². The molecule has 0 aliphatic rings. The van der Waals surface area contributed by atoms with E-state index in [-0.39, 0.29) is 6.42 Å². The van der Waals surface area contributed by atoms with Crippen LogP contribution in [0.2, 0.25) is 0 Å². The Balaban J connectivity index is 2.73. The lowest BCUT2D eigenvalue weighted by Crippen LogP contribution is -2.13. The van der Waals surface area contributed by atoms with Crippen molar-refractivity contribution in [1.29, 1.82) is 0 Å². The van der Waals surface area contributed by atoms with Crippen LogP contribution in [0.5, 0.6) is 0 Å². The molecule has 1 atom stereocenters. The number of nitrogens with zero attached hydrogens (tertiary/aromatic N) is 2. The molecule has 0 saturated heterocycles. The van der Waals surface area contributed by atoms with Gasteiger partial charge in [0.25, 0.3) is 0 Å². The minimum absolute atomic E-state index is 0.321. The van der Waals surface area contributed by atoms with Crippen LogP contribution in [0.15, 0.2) is 6.07 Å². The minimum atomic E-state index is -4.23. The van der Waals surface area contributed by atoms with Crippen molar-refractivity contribution in [3.8, 4) is 0 Å². The average molecular weight is 250 g/mol. The van der Waals surface area contributed by atoms with E-state index >= 15 is 0 Å². The van der Waals surface area contributed by atoms with Gasteiger partial charge in [0, 0.05) is 13.0 Å². The van der Waals surface area contributed by atoms with Crippen LogP contribution in [-0.4, -0.2) is 21.1 Å². The summed E-state index contributed by atoms with van der Waals surface area (Å²) < 4.78 is 37.7. The summed E-state index contributed by atoms with van der Waals surface area (Å²) in [6.45, 7) is 4.29. The van der Waals surface area contributed by atoms with Crippen molar-refractivity contribution in [3.05, 3.63) is 17.5 Å². The minimum Gasteiger partial charge on any atom is -0.387 e. The van der Waals surface area contributed by atoms with E-state index < -0.39 is 18.7 Å². The van der Waals surface area contributed by atoms with Gasteiger partial charge in [0.15, 0.2) is 0 Å². The van der Waals surface area contributed by atoms with Crippen molar-refractivity contribution in [1.82, 2.24) is 9.78 Å². The van der Waals surface area contributed by atoms with Gasteiger partial charge in [-0.3, -0.25) is 4.68 Å². The lowest BCUT2D eigenvalue weighted by molar-refractivity contribution is -0.140. The first kappa shape index (κ1) is 14.0. The van der Waals surface area contributed by atoms with Gasteiger partial charge >= 0.3 is 6.18 Å². The summed E-state index contributed by atoms with van der Waals surface area (Å²) in [6, 6.07) is 1.67. The molecule has 0 aliphatic heterocycles. The molecular formula is C11H17F3N2O. The van der Waals surface area contributed by atoms with Crippen molar-refractivity contribution >= 4 is 0 Å².